The third-order valence-electron chi connectivity index (χ3n) is 2.01. The fourth-order valence-corrected chi connectivity index (χ4v) is 4.34. The van der Waals surface area contributed by atoms with Gasteiger partial charge in [-0.25, -0.2) is 21.6 Å². The first-order valence-corrected chi connectivity index (χ1v) is 9.35. The molecule has 1 rings (SSSR count). The second-order valence-corrected chi connectivity index (χ2v) is 9.01. The SMILES string of the molecule is Cc1[nH]c(=O)sc1S(=O)(=O)NCCCS(C)(=O)=O. The van der Waals surface area contributed by atoms with Gasteiger partial charge in [0.1, 0.15) is 9.84 Å². The van der Waals surface area contributed by atoms with Gasteiger partial charge in [0.2, 0.25) is 0 Å². The van der Waals surface area contributed by atoms with Crippen LogP contribution in [0.15, 0.2) is 9.00 Å². The van der Waals surface area contributed by atoms with Crippen LogP contribution in [0.4, 0.5) is 0 Å². The summed E-state index contributed by atoms with van der Waals surface area (Å²) in [7, 11) is -6.84. The summed E-state index contributed by atoms with van der Waals surface area (Å²) >= 11 is 0.605. The van der Waals surface area contributed by atoms with Crippen LogP contribution in [-0.4, -0.2) is 40.4 Å². The smallest absolute Gasteiger partial charge is 0.305 e. The Kier molecular flexibility index (Phi) is 4.70. The van der Waals surface area contributed by atoms with Crippen molar-refractivity contribution >= 4 is 31.2 Å². The minimum absolute atomic E-state index is 0.0148. The predicted octanol–water partition coefficient (Wildman–Crippen LogP) is -0.542. The van der Waals surface area contributed by atoms with Gasteiger partial charge in [-0.3, -0.25) is 4.79 Å². The van der Waals surface area contributed by atoms with Crippen molar-refractivity contribution in [3.05, 3.63) is 15.4 Å². The van der Waals surface area contributed by atoms with E-state index in [4.69, 9.17) is 0 Å². The lowest BCUT2D eigenvalue weighted by Gasteiger charge is -2.04. The molecule has 1 heterocycles. The highest BCUT2D eigenvalue weighted by Gasteiger charge is 2.19. The zero-order chi connectivity index (χ0) is 14.0. The minimum Gasteiger partial charge on any atom is -0.315 e. The standard InChI is InChI=1S/C8H14N2O5S3/c1-6-7(16-8(11)10-6)18(14,15)9-4-3-5-17(2,12)13/h9H,3-5H2,1-2H3,(H,10,11). The van der Waals surface area contributed by atoms with Gasteiger partial charge >= 0.3 is 4.87 Å². The highest BCUT2D eigenvalue weighted by atomic mass is 32.2. The maximum atomic E-state index is 11.8. The molecule has 0 aliphatic carbocycles. The first kappa shape index (κ1) is 15.3. The summed E-state index contributed by atoms with van der Waals surface area (Å²) in [5.74, 6) is -0.0854. The molecule has 0 amide bonds. The van der Waals surface area contributed by atoms with Gasteiger partial charge in [0.05, 0.1) is 5.75 Å². The van der Waals surface area contributed by atoms with Crippen LogP contribution in [0.3, 0.4) is 0 Å². The molecule has 7 nitrogen and oxygen atoms in total. The van der Waals surface area contributed by atoms with E-state index in [0.717, 1.165) is 6.26 Å². The molecule has 1 aromatic heterocycles. The zero-order valence-electron chi connectivity index (χ0n) is 9.89. The Morgan fingerprint density at radius 1 is 1.28 bits per heavy atom. The van der Waals surface area contributed by atoms with Gasteiger partial charge < -0.3 is 4.98 Å². The molecule has 0 aromatic carbocycles. The Labute approximate surface area is 109 Å². The summed E-state index contributed by atoms with van der Waals surface area (Å²) in [5.41, 5.74) is 0.278. The molecule has 0 radical (unpaired) electrons. The van der Waals surface area contributed by atoms with Crippen molar-refractivity contribution in [3.8, 4) is 0 Å². The number of hydrogen-bond acceptors (Lipinski definition) is 6. The van der Waals surface area contributed by atoms with E-state index in [0.29, 0.717) is 11.3 Å². The Bertz CT molecular complexity index is 668. The van der Waals surface area contributed by atoms with E-state index in [1.54, 1.807) is 0 Å². The van der Waals surface area contributed by atoms with Crippen molar-refractivity contribution in [2.45, 2.75) is 17.6 Å². The summed E-state index contributed by atoms with van der Waals surface area (Å²) in [4.78, 5) is 12.9. The van der Waals surface area contributed by atoms with Crippen LogP contribution in [0.1, 0.15) is 12.1 Å². The molecule has 0 atom stereocenters. The summed E-state index contributed by atoms with van der Waals surface area (Å²) < 4.78 is 47.5. The van der Waals surface area contributed by atoms with Crippen molar-refractivity contribution in [2.75, 3.05) is 18.6 Å². The van der Waals surface area contributed by atoms with Crippen LogP contribution in [0.5, 0.6) is 0 Å². The fourth-order valence-electron chi connectivity index (χ4n) is 1.25. The molecule has 0 saturated carbocycles. The first-order chi connectivity index (χ1) is 8.12. The van der Waals surface area contributed by atoms with Gasteiger partial charge in [0, 0.05) is 18.5 Å². The maximum absolute atomic E-state index is 11.8. The molecule has 0 unspecified atom stereocenters. The third-order valence-corrected chi connectivity index (χ3v) is 6.11. The van der Waals surface area contributed by atoms with Crippen LogP contribution in [0, 0.1) is 6.92 Å². The van der Waals surface area contributed by atoms with Crippen LogP contribution in [0.25, 0.3) is 0 Å². The second kappa shape index (κ2) is 5.51. The molecule has 104 valence electrons. The van der Waals surface area contributed by atoms with Crippen LogP contribution in [-0.2, 0) is 19.9 Å². The van der Waals surface area contributed by atoms with Gasteiger partial charge in [-0.15, -0.1) is 0 Å². The average molecular weight is 314 g/mol. The number of H-pyrrole nitrogens is 1. The Balaban J connectivity index is 2.67. The van der Waals surface area contributed by atoms with E-state index in [1.165, 1.54) is 6.92 Å². The highest BCUT2D eigenvalue weighted by molar-refractivity contribution is 7.91. The Morgan fingerprint density at radius 2 is 1.89 bits per heavy atom. The van der Waals surface area contributed by atoms with Crippen LogP contribution in [0.2, 0.25) is 0 Å². The lowest BCUT2D eigenvalue weighted by molar-refractivity contribution is 0.578. The van der Waals surface area contributed by atoms with Crippen molar-refractivity contribution < 1.29 is 16.8 Å². The third kappa shape index (κ3) is 4.52. The zero-order valence-corrected chi connectivity index (χ0v) is 12.3. The van der Waals surface area contributed by atoms with Gasteiger partial charge in [-0.05, 0) is 13.3 Å². The Morgan fingerprint density at radius 3 is 2.33 bits per heavy atom. The molecule has 0 saturated heterocycles. The number of nitrogens with one attached hydrogen (secondary N) is 2. The van der Waals surface area contributed by atoms with Crippen molar-refractivity contribution in [1.29, 1.82) is 0 Å². The number of sulfone groups is 1. The number of sulfonamides is 1. The molecule has 0 fully saturated rings. The quantitative estimate of drug-likeness (QED) is 0.685. The van der Waals surface area contributed by atoms with Crippen LogP contribution >= 0.6 is 11.3 Å². The Hall–Kier alpha value is -0.710. The number of thiazole rings is 1. The first-order valence-electron chi connectivity index (χ1n) is 4.99. The van der Waals surface area contributed by atoms with E-state index < -0.39 is 24.7 Å². The summed E-state index contributed by atoms with van der Waals surface area (Å²) in [6.45, 7) is 1.50. The van der Waals surface area contributed by atoms with E-state index in [-0.39, 0.29) is 28.6 Å². The molecule has 0 aliphatic rings. The van der Waals surface area contributed by atoms with Crippen molar-refractivity contribution in [2.24, 2.45) is 0 Å². The average Bonchev–Trinajstić information content (AvgIpc) is 2.52. The monoisotopic (exact) mass is 314 g/mol. The number of hydrogen-bond donors (Lipinski definition) is 2. The molecular formula is C8H14N2O5S3. The number of aromatic amines is 1. The fraction of sp³-hybridized carbons (Fsp3) is 0.625. The number of aromatic nitrogens is 1. The minimum atomic E-state index is -3.75. The van der Waals surface area contributed by atoms with Crippen LogP contribution < -0.4 is 9.60 Å². The summed E-state index contributed by atoms with van der Waals surface area (Å²) in [5, 5.41) is 0. The molecular weight excluding hydrogens is 300 g/mol. The maximum Gasteiger partial charge on any atom is 0.305 e. The highest BCUT2D eigenvalue weighted by Crippen LogP contribution is 2.15. The van der Waals surface area contributed by atoms with Gasteiger partial charge in [0.15, 0.2) is 4.21 Å². The molecule has 0 spiro atoms. The largest absolute Gasteiger partial charge is 0.315 e. The summed E-state index contributed by atoms with van der Waals surface area (Å²) in [6.07, 6.45) is 1.28. The molecule has 0 bridgehead atoms. The molecule has 18 heavy (non-hydrogen) atoms. The van der Waals surface area contributed by atoms with Gasteiger partial charge in [0.25, 0.3) is 10.0 Å². The van der Waals surface area contributed by atoms with E-state index in [9.17, 15) is 21.6 Å². The van der Waals surface area contributed by atoms with Crippen molar-refractivity contribution in [3.63, 3.8) is 0 Å². The summed E-state index contributed by atoms with van der Waals surface area (Å²) in [6, 6.07) is 0. The van der Waals surface area contributed by atoms with Gasteiger partial charge in [-0.2, -0.15) is 0 Å². The number of aryl methyl sites for hydroxylation is 1. The van der Waals surface area contributed by atoms with E-state index in [2.05, 4.69) is 9.71 Å². The number of rotatable bonds is 6. The van der Waals surface area contributed by atoms with Gasteiger partial charge in [-0.1, -0.05) is 11.3 Å². The topological polar surface area (TPSA) is 113 Å². The van der Waals surface area contributed by atoms with E-state index in [1.807, 2.05) is 0 Å². The lowest BCUT2D eigenvalue weighted by atomic mass is 10.5. The second-order valence-electron chi connectivity index (χ2n) is 3.81. The van der Waals surface area contributed by atoms with Crippen molar-refractivity contribution in [1.82, 2.24) is 9.71 Å². The molecule has 2 N–H and O–H groups in total. The lowest BCUT2D eigenvalue weighted by Crippen LogP contribution is -2.26. The molecule has 10 heteroatoms. The predicted molar refractivity (Wildman–Crippen MR) is 69.2 cm³/mol. The molecule has 1 aromatic rings. The van der Waals surface area contributed by atoms with E-state index >= 15 is 0 Å². The normalized spacial score (nSPS) is 12.8. The molecule has 0 aliphatic heterocycles.